The molecule has 2 aromatic heterocycles. The number of carbonyl (C=O) groups excluding carboxylic acids is 1. The van der Waals surface area contributed by atoms with Crippen LogP contribution >= 0.6 is 0 Å². The second kappa shape index (κ2) is 7.53. The minimum Gasteiger partial charge on any atom is -0.337 e. The highest BCUT2D eigenvalue weighted by Gasteiger charge is 2.27. The molecule has 146 valence electrons. The lowest BCUT2D eigenvalue weighted by Gasteiger charge is -2.32. The number of hydrogen-bond donors (Lipinski definition) is 0. The van der Waals surface area contributed by atoms with Gasteiger partial charge in [-0.15, -0.1) is 5.10 Å². The Morgan fingerprint density at radius 3 is 2.93 bits per heavy atom. The molecular formula is C20H24N6O2. The van der Waals surface area contributed by atoms with Crippen LogP contribution in [0.1, 0.15) is 60.4 Å². The van der Waals surface area contributed by atoms with Gasteiger partial charge in [0, 0.05) is 24.6 Å². The maximum absolute atomic E-state index is 12.9. The van der Waals surface area contributed by atoms with Crippen molar-refractivity contribution in [3.63, 3.8) is 0 Å². The summed E-state index contributed by atoms with van der Waals surface area (Å²) in [7, 11) is 0. The molecule has 0 N–H and O–H groups in total. The maximum Gasteiger partial charge on any atom is 0.280 e. The quantitative estimate of drug-likeness (QED) is 0.690. The minimum absolute atomic E-state index is 0.0622. The van der Waals surface area contributed by atoms with E-state index in [9.17, 15) is 4.79 Å². The lowest BCUT2D eigenvalue weighted by atomic mass is 10.0. The summed E-state index contributed by atoms with van der Waals surface area (Å²) < 4.78 is 7.11. The standard InChI is InChI=1S/C20H24N6O2/c1-13(2)18-21-19(28-23-18)17-12-26(24-22-17)16-8-5-9-25(11-16)20(27)15-7-4-6-14(3)10-15/h4,6-7,10,12-13,16H,5,8-9,11H2,1-3H3/t16-/m1/s1. The van der Waals surface area contributed by atoms with Crippen molar-refractivity contribution in [1.29, 1.82) is 0 Å². The first-order valence-corrected chi connectivity index (χ1v) is 9.63. The topological polar surface area (TPSA) is 89.9 Å². The monoisotopic (exact) mass is 380 g/mol. The van der Waals surface area contributed by atoms with Crippen LogP contribution in [0.5, 0.6) is 0 Å². The first kappa shape index (κ1) is 18.3. The summed E-state index contributed by atoms with van der Waals surface area (Å²) in [6.07, 6.45) is 3.69. The van der Waals surface area contributed by atoms with Crippen LogP contribution in [0.3, 0.4) is 0 Å². The van der Waals surface area contributed by atoms with E-state index in [1.165, 1.54) is 0 Å². The van der Waals surface area contributed by atoms with Crippen molar-refractivity contribution in [3.8, 4) is 11.6 Å². The van der Waals surface area contributed by atoms with Gasteiger partial charge in [0.05, 0.1) is 12.2 Å². The molecule has 0 spiro atoms. The molecular weight excluding hydrogens is 356 g/mol. The van der Waals surface area contributed by atoms with Crippen LogP contribution in [-0.4, -0.2) is 49.0 Å². The van der Waals surface area contributed by atoms with Crippen LogP contribution in [0.4, 0.5) is 0 Å². The smallest absolute Gasteiger partial charge is 0.280 e. The Hall–Kier alpha value is -3.03. The number of benzene rings is 1. The fourth-order valence-corrected chi connectivity index (χ4v) is 3.44. The number of carbonyl (C=O) groups is 1. The van der Waals surface area contributed by atoms with Gasteiger partial charge < -0.3 is 9.42 Å². The van der Waals surface area contributed by atoms with E-state index in [0.717, 1.165) is 30.5 Å². The van der Waals surface area contributed by atoms with Gasteiger partial charge in [0.15, 0.2) is 11.5 Å². The van der Waals surface area contributed by atoms with Gasteiger partial charge in [-0.05, 0) is 31.9 Å². The summed E-state index contributed by atoms with van der Waals surface area (Å²) >= 11 is 0. The average molecular weight is 380 g/mol. The number of hydrogen-bond acceptors (Lipinski definition) is 6. The highest BCUT2D eigenvalue weighted by molar-refractivity contribution is 5.94. The molecule has 8 heteroatoms. The molecule has 0 saturated carbocycles. The fraction of sp³-hybridized carbons (Fsp3) is 0.450. The molecule has 1 amide bonds. The average Bonchev–Trinajstić information content (AvgIpc) is 3.37. The van der Waals surface area contributed by atoms with Gasteiger partial charge in [0.2, 0.25) is 0 Å². The third-order valence-electron chi connectivity index (χ3n) is 5.01. The summed E-state index contributed by atoms with van der Waals surface area (Å²) in [4.78, 5) is 19.1. The van der Waals surface area contributed by atoms with Crippen molar-refractivity contribution in [2.45, 2.75) is 45.6 Å². The van der Waals surface area contributed by atoms with Crippen LogP contribution in [0.2, 0.25) is 0 Å². The predicted octanol–water partition coefficient (Wildman–Crippen LogP) is 3.24. The number of rotatable bonds is 4. The van der Waals surface area contributed by atoms with Crippen LogP contribution in [0, 0.1) is 6.92 Å². The van der Waals surface area contributed by atoms with Crippen molar-refractivity contribution < 1.29 is 9.32 Å². The summed E-state index contributed by atoms with van der Waals surface area (Å²) in [5.74, 6) is 1.27. The van der Waals surface area contributed by atoms with Gasteiger partial charge in [0.1, 0.15) is 0 Å². The molecule has 28 heavy (non-hydrogen) atoms. The fourth-order valence-electron chi connectivity index (χ4n) is 3.44. The number of amides is 1. The van der Waals surface area contributed by atoms with E-state index < -0.39 is 0 Å². The molecule has 1 aromatic carbocycles. The van der Waals surface area contributed by atoms with Gasteiger partial charge in [0.25, 0.3) is 11.8 Å². The Balaban J connectivity index is 1.49. The van der Waals surface area contributed by atoms with Crippen molar-refractivity contribution >= 4 is 5.91 Å². The van der Waals surface area contributed by atoms with Gasteiger partial charge in [-0.25, -0.2) is 4.68 Å². The van der Waals surface area contributed by atoms with Crippen LogP contribution in [0.15, 0.2) is 35.0 Å². The molecule has 0 aliphatic carbocycles. The second-order valence-corrected chi connectivity index (χ2v) is 7.61. The van der Waals surface area contributed by atoms with E-state index in [2.05, 4.69) is 20.5 Å². The molecule has 1 aliphatic heterocycles. The molecule has 1 saturated heterocycles. The number of nitrogens with zero attached hydrogens (tertiary/aromatic N) is 6. The molecule has 3 heterocycles. The molecule has 0 radical (unpaired) electrons. The molecule has 4 rings (SSSR count). The molecule has 1 fully saturated rings. The third kappa shape index (κ3) is 3.67. The molecule has 0 unspecified atom stereocenters. The van der Waals surface area contributed by atoms with Crippen molar-refractivity contribution in [3.05, 3.63) is 47.4 Å². The van der Waals surface area contributed by atoms with E-state index in [1.807, 2.05) is 60.8 Å². The second-order valence-electron chi connectivity index (χ2n) is 7.61. The number of aromatic nitrogens is 5. The summed E-state index contributed by atoms with van der Waals surface area (Å²) in [5, 5.41) is 12.4. The Morgan fingerprint density at radius 2 is 2.18 bits per heavy atom. The van der Waals surface area contributed by atoms with Crippen molar-refractivity contribution in [2.24, 2.45) is 0 Å². The van der Waals surface area contributed by atoms with E-state index in [-0.39, 0.29) is 17.9 Å². The van der Waals surface area contributed by atoms with Gasteiger partial charge in [-0.3, -0.25) is 4.79 Å². The minimum atomic E-state index is 0.0622. The van der Waals surface area contributed by atoms with Crippen LogP contribution < -0.4 is 0 Å². The zero-order chi connectivity index (χ0) is 19.7. The van der Waals surface area contributed by atoms with Crippen molar-refractivity contribution in [2.75, 3.05) is 13.1 Å². The Kier molecular flexibility index (Phi) is 4.93. The van der Waals surface area contributed by atoms with Crippen LogP contribution in [-0.2, 0) is 0 Å². The van der Waals surface area contributed by atoms with E-state index in [1.54, 1.807) is 0 Å². The third-order valence-corrected chi connectivity index (χ3v) is 5.01. The first-order valence-electron chi connectivity index (χ1n) is 9.63. The molecule has 1 aliphatic rings. The highest BCUT2D eigenvalue weighted by atomic mass is 16.5. The summed E-state index contributed by atoms with van der Waals surface area (Å²) in [6.45, 7) is 7.37. The Labute approximate surface area is 163 Å². The lowest BCUT2D eigenvalue weighted by Crippen LogP contribution is -2.40. The molecule has 0 bridgehead atoms. The molecule has 1 atom stereocenters. The van der Waals surface area contributed by atoms with E-state index in [4.69, 9.17) is 4.52 Å². The highest BCUT2D eigenvalue weighted by Crippen LogP contribution is 2.24. The van der Waals surface area contributed by atoms with Crippen LogP contribution in [0.25, 0.3) is 11.6 Å². The Bertz CT molecular complexity index is 976. The first-order chi connectivity index (χ1) is 13.5. The Morgan fingerprint density at radius 1 is 1.32 bits per heavy atom. The van der Waals surface area contributed by atoms with Gasteiger partial charge >= 0.3 is 0 Å². The largest absolute Gasteiger partial charge is 0.337 e. The number of aryl methyl sites for hydroxylation is 1. The van der Waals surface area contributed by atoms with Crippen molar-refractivity contribution in [1.82, 2.24) is 30.0 Å². The normalized spacial score (nSPS) is 17.3. The summed E-state index contributed by atoms with van der Waals surface area (Å²) in [6, 6.07) is 7.80. The van der Waals surface area contributed by atoms with E-state index in [0.29, 0.717) is 24.0 Å². The zero-order valence-corrected chi connectivity index (χ0v) is 16.4. The maximum atomic E-state index is 12.9. The van der Waals surface area contributed by atoms with Gasteiger partial charge in [-0.1, -0.05) is 41.9 Å². The summed E-state index contributed by atoms with van der Waals surface area (Å²) in [5.41, 5.74) is 2.37. The molecule has 8 nitrogen and oxygen atoms in total. The number of likely N-dealkylation sites (tertiary alicyclic amines) is 1. The number of piperidine rings is 1. The zero-order valence-electron chi connectivity index (χ0n) is 16.4. The molecule has 3 aromatic rings. The van der Waals surface area contributed by atoms with E-state index >= 15 is 0 Å². The predicted molar refractivity (Wildman–Crippen MR) is 103 cm³/mol. The lowest BCUT2D eigenvalue weighted by molar-refractivity contribution is 0.0671. The SMILES string of the molecule is Cc1cccc(C(=O)N2CCC[C@@H](n3cc(-c4nc(C(C)C)no4)nn3)C2)c1. The van der Waals surface area contributed by atoms with Gasteiger partial charge in [-0.2, -0.15) is 4.98 Å².